The standard InChI is InChI=1S/C15H31N3O2/c1-4-6-16(7-5-2)8-9-17-10-12-18(13-11-17)15(19)14-20-3/h4-14H2,1-3H3. The fraction of sp³-hybridized carbons (Fsp3) is 0.933. The maximum Gasteiger partial charge on any atom is 0.248 e. The molecule has 0 saturated carbocycles. The highest BCUT2D eigenvalue weighted by Gasteiger charge is 2.20. The van der Waals surface area contributed by atoms with E-state index in [9.17, 15) is 4.79 Å². The Labute approximate surface area is 123 Å². The van der Waals surface area contributed by atoms with Crippen LogP contribution in [-0.4, -0.2) is 86.7 Å². The first-order chi connectivity index (χ1) is 9.71. The summed E-state index contributed by atoms with van der Waals surface area (Å²) in [6.45, 7) is 13.0. The Balaban J connectivity index is 2.22. The molecule has 0 aromatic carbocycles. The van der Waals surface area contributed by atoms with Gasteiger partial charge in [0.05, 0.1) is 0 Å². The Morgan fingerprint density at radius 1 is 1.05 bits per heavy atom. The van der Waals surface area contributed by atoms with Gasteiger partial charge in [-0.15, -0.1) is 0 Å². The molecule has 1 heterocycles. The van der Waals surface area contributed by atoms with E-state index in [2.05, 4.69) is 23.6 Å². The summed E-state index contributed by atoms with van der Waals surface area (Å²) in [6.07, 6.45) is 2.44. The number of rotatable bonds is 9. The molecule has 0 unspecified atom stereocenters. The van der Waals surface area contributed by atoms with E-state index in [1.54, 1.807) is 7.11 Å². The van der Waals surface area contributed by atoms with Gasteiger partial charge in [0, 0.05) is 46.4 Å². The first-order valence-corrected chi connectivity index (χ1v) is 7.92. The van der Waals surface area contributed by atoms with Crippen molar-refractivity contribution in [3.63, 3.8) is 0 Å². The van der Waals surface area contributed by atoms with Gasteiger partial charge in [0.25, 0.3) is 0 Å². The van der Waals surface area contributed by atoms with Crippen LogP contribution in [0.1, 0.15) is 26.7 Å². The van der Waals surface area contributed by atoms with Crippen LogP contribution in [0.4, 0.5) is 0 Å². The zero-order valence-corrected chi connectivity index (χ0v) is 13.4. The number of piperazine rings is 1. The van der Waals surface area contributed by atoms with E-state index in [0.717, 1.165) is 39.3 Å². The number of carbonyl (C=O) groups excluding carboxylic acids is 1. The average molecular weight is 285 g/mol. The van der Waals surface area contributed by atoms with E-state index >= 15 is 0 Å². The normalized spacial score (nSPS) is 16.9. The lowest BCUT2D eigenvalue weighted by Crippen LogP contribution is -2.51. The van der Waals surface area contributed by atoms with Gasteiger partial charge in [0.1, 0.15) is 6.61 Å². The first kappa shape index (κ1) is 17.4. The van der Waals surface area contributed by atoms with Crippen LogP contribution in [0.25, 0.3) is 0 Å². The molecule has 1 aliphatic heterocycles. The van der Waals surface area contributed by atoms with Crippen molar-refractivity contribution in [2.24, 2.45) is 0 Å². The van der Waals surface area contributed by atoms with Crippen molar-refractivity contribution in [2.45, 2.75) is 26.7 Å². The van der Waals surface area contributed by atoms with Crippen LogP contribution in [0.3, 0.4) is 0 Å². The summed E-state index contributed by atoms with van der Waals surface area (Å²) in [7, 11) is 1.57. The Morgan fingerprint density at radius 2 is 1.65 bits per heavy atom. The third-order valence-corrected chi connectivity index (χ3v) is 3.80. The summed E-state index contributed by atoms with van der Waals surface area (Å²) in [5.74, 6) is 0.116. The Hall–Kier alpha value is -0.650. The van der Waals surface area contributed by atoms with Gasteiger partial charge in [0.2, 0.25) is 5.91 Å². The molecule has 1 aliphatic rings. The van der Waals surface area contributed by atoms with Crippen molar-refractivity contribution < 1.29 is 9.53 Å². The second kappa shape index (κ2) is 10.1. The number of hydrogen-bond donors (Lipinski definition) is 0. The molecule has 0 aromatic rings. The van der Waals surface area contributed by atoms with Crippen LogP contribution in [-0.2, 0) is 9.53 Å². The molecule has 5 heteroatoms. The zero-order chi connectivity index (χ0) is 14.8. The third-order valence-electron chi connectivity index (χ3n) is 3.80. The van der Waals surface area contributed by atoms with E-state index in [1.165, 1.54) is 25.9 Å². The maximum absolute atomic E-state index is 11.7. The van der Waals surface area contributed by atoms with Gasteiger partial charge in [-0.2, -0.15) is 0 Å². The SMILES string of the molecule is CCCN(CCC)CCN1CCN(C(=O)COC)CC1. The molecule has 0 atom stereocenters. The summed E-state index contributed by atoms with van der Waals surface area (Å²) in [5.41, 5.74) is 0. The molecule has 118 valence electrons. The molecular formula is C15H31N3O2. The summed E-state index contributed by atoms with van der Waals surface area (Å²) in [6, 6.07) is 0. The summed E-state index contributed by atoms with van der Waals surface area (Å²) in [4.78, 5) is 18.6. The van der Waals surface area contributed by atoms with Gasteiger partial charge in [0.15, 0.2) is 0 Å². The molecule has 0 radical (unpaired) electrons. The highest BCUT2D eigenvalue weighted by molar-refractivity contribution is 5.77. The molecule has 0 spiro atoms. The summed E-state index contributed by atoms with van der Waals surface area (Å²) in [5, 5.41) is 0. The van der Waals surface area contributed by atoms with Crippen LogP contribution in [0.5, 0.6) is 0 Å². The number of ether oxygens (including phenoxy) is 1. The van der Waals surface area contributed by atoms with E-state index in [4.69, 9.17) is 4.74 Å². The molecule has 0 N–H and O–H groups in total. The number of methoxy groups -OCH3 is 1. The van der Waals surface area contributed by atoms with E-state index in [1.807, 2.05) is 4.90 Å². The maximum atomic E-state index is 11.7. The van der Waals surface area contributed by atoms with Crippen LogP contribution in [0.15, 0.2) is 0 Å². The van der Waals surface area contributed by atoms with Crippen molar-refractivity contribution >= 4 is 5.91 Å². The highest BCUT2D eigenvalue weighted by Crippen LogP contribution is 2.03. The molecule has 20 heavy (non-hydrogen) atoms. The lowest BCUT2D eigenvalue weighted by atomic mass is 10.3. The average Bonchev–Trinajstić information content (AvgIpc) is 2.46. The van der Waals surface area contributed by atoms with E-state index < -0.39 is 0 Å². The van der Waals surface area contributed by atoms with Crippen LogP contribution < -0.4 is 0 Å². The van der Waals surface area contributed by atoms with Gasteiger partial charge in [-0.25, -0.2) is 0 Å². The highest BCUT2D eigenvalue weighted by atomic mass is 16.5. The quantitative estimate of drug-likeness (QED) is 0.631. The van der Waals surface area contributed by atoms with Crippen molar-refractivity contribution in [3.8, 4) is 0 Å². The number of amides is 1. The lowest BCUT2D eigenvalue weighted by Gasteiger charge is -2.35. The minimum atomic E-state index is 0.116. The largest absolute Gasteiger partial charge is 0.375 e. The van der Waals surface area contributed by atoms with Crippen molar-refractivity contribution in [2.75, 3.05) is 66.1 Å². The van der Waals surface area contributed by atoms with Gasteiger partial charge < -0.3 is 14.5 Å². The molecule has 5 nitrogen and oxygen atoms in total. The number of carbonyl (C=O) groups is 1. The monoisotopic (exact) mass is 285 g/mol. The smallest absolute Gasteiger partial charge is 0.248 e. The summed E-state index contributed by atoms with van der Waals surface area (Å²) >= 11 is 0. The second-order valence-corrected chi connectivity index (χ2v) is 5.50. The van der Waals surface area contributed by atoms with Crippen molar-refractivity contribution in [1.82, 2.24) is 14.7 Å². The van der Waals surface area contributed by atoms with Gasteiger partial charge >= 0.3 is 0 Å². The third kappa shape index (κ3) is 6.20. The summed E-state index contributed by atoms with van der Waals surface area (Å²) < 4.78 is 4.90. The minimum absolute atomic E-state index is 0.116. The molecule has 1 rings (SSSR count). The Morgan fingerprint density at radius 3 is 2.15 bits per heavy atom. The molecule has 0 aliphatic carbocycles. The van der Waals surface area contributed by atoms with Crippen LogP contribution in [0.2, 0.25) is 0 Å². The fourth-order valence-electron chi connectivity index (χ4n) is 2.69. The molecule has 1 saturated heterocycles. The first-order valence-electron chi connectivity index (χ1n) is 7.92. The lowest BCUT2D eigenvalue weighted by molar-refractivity contribution is -0.136. The Kier molecular flexibility index (Phi) is 8.82. The van der Waals surface area contributed by atoms with Gasteiger partial charge in [-0.05, 0) is 25.9 Å². The predicted molar refractivity (Wildman–Crippen MR) is 81.9 cm³/mol. The van der Waals surface area contributed by atoms with Gasteiger partial charge in [-0.3, -0.25) is 9.69 Å². The predicted octanol–water partition coefficient (Wildman–Crippen LogP) is 0.899. The number of hydrogen-bond acceptors (Lipinski definition) is 4. The van der Waals surface area contributed by atoms with E-state index in [-0.39, 0.29) is 12.5 Å². The van der Waals surface area contributed by atoms with Gasteiger partial charge in [-0.1, -0.05) is 13.8 Å². The zero-order valence-electron chi connectivity index (χ0n) is 13.4. The van der Waals surface area contributed by atoms with Crippen molar-refractivity contribution in [3.05, 3.63) is 0 Å². The second-order valence-electron chi connectivity index (χ2n) is 5.50. The van der Waals surface area contributed by atoms with E-state index in [0.29, 0.717) is 0 Å². The van der Waals surface area contributed by atoms with Crippen LogP contribution >= 0.6 is 0 Å². The minimum Gasteiger partial charge on any atom is -0.375 e. The fourth-order valence-corrected chi connectivity index (χ4v) is 2.69. The molecule has 1 fully saturated rings. The topological polar surface area (TPSA) is 36.0 Å². The molecule has 0 aromatic heterocycles. The molecule has 0 bridgehead atoms. The molecule has 1 amide bonds. The van der Waals surface area contributed by atoms with Crippen molar-refractivity contribution in [1.29, 1.82) is 0 Å². The number of nitrogens with zero attached hydrogens (tertiary/aromatic N) is 3. The molecular weight excluding hydrogens is 254 g/mol. The van der Waals surface area contributed by atoms with Crippen LogP contribution in [0, 0.1) is 0 Å². The Bertz CT molecular complexity index is 260.